The Hall–Kier alpha value is -0.120. The minimum atomic E-state index is 0.543. The van der Waals surface area contributed by atoms with E-state index in [1.165, 1.54) is 6.42 Å². The molecule has 1 fully saturated rings. The number of ether oxygens (including phenoxy) is 1. The van der Waals surface area contributed by atoms with Crippen molar-refractivity contribution in [1.29, 1.82) is 0 Å². The molecule has 1 rings (SSSR count). The molecule has 3 atom stereocenters. The first kappa shape index (κ1) is 12.0. The Balaban J connectivity index is 2.35. The highest BCUT2D eigenvalue weighted by molar-refractivity contribution is 4.82. The molecule has 0 aromatic heterocycles. The summed E-state index contributed by atoms with van der Waals surface area (Å²) >= 11 is 0. The summed E-state index contributed by atoms with van der Waals surface area (Å²) in [5.74, 6) is 0.652. The molecule has 0 aromatic rings. The topological polar surface area (TPSA) is 24.5 Å². The lowest BCUT2D eigenvalue weighted by Gasteiger charge is -2.28. The van der Waals surface area contributed by atoms with Crippen LogP contribution in [0, 0.1) is 5.92 Å². The van der Waals surface area contributed by atoms with E-state index in [1.54, 1.807) is 0 Å². The standard InChI is InChI=1S/C11H24N2O/c1-5-9(2)13(4)6-10-7-14-8-11(10)12-3/h9-12H,5-8H2,1-4H3. The first-order valence-corrected chi connectivity index (χ1v) is 5.64. The summed E-state index contributed by atoms with van der Waals surface area (Å²) in [6.07, 6.45) is 1.22. The van der Waals surface area contributed by atoms with E-state index in [9.17, 15) is 0 Å². The maximum Gasteiger partial charge on any atom is 0.0623 e. The Morgan fingerprint density at radius 3 is 2.79 bits per heavy atom. The zero-order valence-corrected chi connectivity index (χ0v) is 9.92. The number of hydrogen-bond donors (Lipinski definition) is 1. The van der Waals surface area contributed by atoms with Crippen molar-refractivity contribution in [3.05, 3.63) is 0 Å². The summed E-state index contributed by atoms with van der Waals surface area (Å²) in [6.45, 7) is 7.44. The van der Waals surface area contributed by atoms with Crippen LogP contribution < -0.4 is 5.32 Å². The summed E-state index contributed by atoms with van der Waals surface area (Å²) in [6, 6.07) is 1.22. The van der Waals surface area contributed by atoms with Gasteiger partial charge in [-0.05, 0) is 27.4 Å². The maximum atomic E-state index is 5.49. The Bertz CT molecular complexity index is 163. The zero-order valence-electron chi connectivity index (χ0n) is 9.92. The molecule has 14 heavy (non-hydrogen) atoms. The van der Waals surface area contributed by atoms with Gasteiger partial charge in [-0.3, -0.25) is 0 Å². The van der Waals surface area contributed by atoms with Crippen LogP contribution in [-0.2, 0) is 4.74 Å². The van der Waals surface area contributed by atoms with Crippen LogP contribution in [-0.4, -0.2) is 50.8 Å². The Kier molecular flexibility index (Phi) is 4.85. The number of hydrogen-bond acceptors (Lipinski definition) is 3. The van der Waals surface area contributed by atoms with E-state index in [1.807, 2.05) is 7.05 Å². The van der Waals surface area contributed by atoms with Gasteiger partial charge in [0.1, 0.15) is 0 Å². The second-order valence-electron chi connectivity index (χ2n) is 4.39. The van der Waals surface area contributed by atoms with Gasteiger partial charge in [-0.1, -0.05) is 6.92 Å². The molecule has 0 radical (unpaired) electrons. The van der Waals surface area contributed by atoms with Gasteiger partial charge in [-0.15, -0.1) is 0 Å². The van der Waals surface area contributed by atoms with Crippen molar-refractivity contribution < 1.29 is 4.74 Å². The molecular formula is C11H24N2O. The lowest BCUT2D eigenvalue weighted by Crippen LogP contribution is -2.41. The molecule has 3 nitrogen and oxygen atoms in total. The van der Waals surface area contributed by atoms with Crippen LogP contribution in [0.15, 0.2) is 0 Å². The predicted molar refractivity (Wildman–Crippen MR) is 59.5 cm³/mol. The van der Waals surface area contributed by atoms with Crippen LogP contribution in [0.5, 0.6) is 0 Å². The molecule has 3 heteroatoms. The fourth-order valence-electron chi connectivity index (χ4n) is 1.96. The number of nitrogens with zero attached hydrogens (tertiary/aromatic N) is 1. The molecule has 3 unspecified atom stereocenters. The van der Waals surface area contributed by atoms with E-state index in [0.717, 1.165) is 19.8 Å². The van der Waals surface area contributed by atoms with Crippen LogP contribution in [0.1, 0.15) is 20.3 Å². The molecule has 0 saturated carbocycles. The number of nitrogens with one attached hydrogen (secondary N) is 1. The van der Waals surface area contributed by atoms with Gasteiger partial charge in [-0.25, -0.2) is 0 Å². The highest BCUT2D eigenvalue weighted by Gasteiger charge is 2.28. The summed E-state index contributed by atoms with van der Waals surface area (Å²) in [7, 11) is 4.23. The van der Waals surface area contributed by atoms with Gasteiger partial charge in [-0.2, -0.15) is 0 Å². The van der Waals surface area contributed by atoms with Crippen LogP contribution in [0.4, 0.5) is 0 Å². The smallest absolute Gasteiger partial charge is 0.0623 e. The fraction of sp³-hybridized carbons (Fsp3) is 1.00. The third-order valence-corrected chi connectivity index (χ3v) is 3.43. The largest absolute Gasteiger partial charge is 0.379 e. The molecule has 0 amide bonds. The summed E-state index contributed by atoms with van der Waals surface area (Å²) in [4.78, 5) is 2.43. The SMILES string of the molecule is CCC(C)N(C)CC1COCC1NC. The molecule has 0 bridgehead atoms. The molecule has 1 aliphatic rings. The number of likely N-dealkylation sites (N-methyl/N-ethyl adjacent to an activating group) is 1. The predicted octanol–water partition coefficient (Wildman–Crippen LogP) is 0.951. The molecule has 0 spiro atoms. The Labute approximate surface area is 87.8 Å². The zero-order chi connectivity index (χ0) is 10.6. The fourth-order valence-corrected chi connectivity index (χ4v) is 1.96. The van der Waals surface area contributed by atoms with Gasteiger partial charge in [0.25, 0.3) is 0 Å². The number of rotatable bonds is 5. The van der Waals surface area contributed by atoms with Gasteiger partial charge in [0.05, 0.1) is 13.2 Å². The average Bonchev–Trinajstić information content (AvgIpc) is 2.63. The lowest BCUT2D eigenvalue weighted by atomic mass is 10.0. The van der Waals surface area contributed by atoms with Crippen molar-refractivity contribution in [1.82, 2.24) is 10.2 Å². The lowest BCUT2D eigenvalue weighted by molar-refractivity contribution is 0.162. The summed E-state index contributed by atoms with van der Waals surface area (Å²) < 4.78 is 5.49. The monoisotopic (exact) mass is 200 g/mol. The van der Waals surface area contributed by atoms with E-state index in [2.05, 4.69) is 31.1 Å². The minimum Gasteiger partial charge on any atom is -0.379 e. The van der Waals surface area contributed by atoms with Crippen molar-refractivity contribution >= 4 is 0 Å². The van der Waals surface area contributed by atoms with Crippen LogP contribution in [0.3, 0.4) is 0 Å². The molecule has 0 aromatic carbocycles. The maximum absolute atomic E-state index is 5.49. The van der Waals surface area contributed by atoms with Crippen molar-refractivity contribution in [2.45, 2.75) is 32.4 Å². The molecule has 1 N–H and O–H groups in total. The van der Waals surface area contributed by atoms with E-state index in [0.29, 0.717) is 18.0 Å². The van der Waals surface area contributed by atoms with E-state index < -0.39 is 0 Å². The molecule has 84 valence electrons. The van der Waals surface area contributed by atoms with E-state index >= 15 is 0 Å². The third-order valence-electron chi connectivity index (χ3n) is 3.43. The second kappa shape index (κ2) is 5.69. The average molecular weight is 200 g/mol. The van der Waals surface area contributed by atoms with Crippen molar-refractivity contribution in [3.63, 3.8) is 0 Å². The molecular weight excluding hydrogens is 176 g/mol. The Morgan fingerprint density at radius 1 is 1.50 bits per heavy atom. The van der Waals surface area contributed by atoms with Gasteiger partial charge in [0.15, 0.2) is 0 Å². The van der Waals surface area contributed by atoms with Gasteiger partial charge < -0.3 is 15.0 Å². The summed E-state index contributed by atoms with van der Waals surface area (Å²) in [5.41, 5.74) is 0. The Morgan fingerprint density at radius 2 is 2.21 bits per heavy atom. The summed E-state index contributed by atoms with van der Waals surface area (Å²) in [5, 5.41) is 3.32. The van der Waals surface area contributed by atoms with Crippen LogP contribution in [0.25, 0.3) is 0 Å². The highest BCUT2D eigenvalue weighted by Crippen LogP contribution is 2.15. The highest BCUT2D eigenvalue weighted by atomic mass is 16.5. The van der Waals surface area contributed by atoms with Crippen LogP contribution >= 0.6 is 0 Å². The van der Waals surface area contributed by atoms with Crippen molar-refractivity contribution in [3.8, 4) is 0 Å². The van der Waals surface area contributed by atoms with Gasteiger partial charge in [0.2, 0.25) is 0 Å². The molecule has 1 aliphatic heterocycles. The minimum absolute atomic E-state index is 0.543. The van der Waals surface area contributed by atoms with Gasteiger partial charge >= 0.3 is 0 Å². The van der Waals surface area contributed by atoms with E-state index in [4.69, 9.17) is 4.74 Å². The van der Waals surface area contributed by atoms with Crippen molar-refractivity contribution in [2.75, 3.05) is 33.9 Å². The molecule has 0 aliphatic carbocycles. The van der Waals surface area contributed by atoms with E-state index in [-0.39, 0.29) is 0 Å². The first-order chi connectivity index (χ1) is 6.69. The normalized spacial score (nSPS) is 29.8. The molecule has 1 heterocycles. The van der Waals surface area contributed by atoms with Crippen molar-refractivity contribution in [2.24, 2.45) is 5.92 Å². The molecule has 1 saturated heterocycles. The van der Waals surface area contributed by atoms with Gasteiger partial charge in [0, 0.05) is 24.5 Å². The third kappa shape index (κ3) is 2.94. The quantitative estimate of drug-likeness (QED) is 0.715. The second-order valence-corrected chi connectivity index (χ2v) is 4.39. The van der Waals surface area contributed by atoms with Crippen LogP contribution in [0.2, 0.25) is 0 Å². The first-order valence-electron chi connectivity index (χ1n) is 5.64.